The SMILES string of the molecule is CC(CCl)CNC(=O)c1cc2c(s1)CCSC2. The average Bonchev–Trinajstić information content (AvgIpc) is 2.79. The van der Waals surface area contributed by atoms with E-state index in [2.05, 4.69) is 5.32 Å². The Morgan fingerprint density at radius 2 is 2.47 bits per heavy atom. The molecule has 0 aromatic carbocycles. The number of carbonyl (C=O) groups excluding carboxylic acids is 1. The van der Waals surface area contributed by atoms with E-state index in [0.717, 1.165) is 17.1 Å². The second-order valence-electron chi connectivity index (χ2n) is 4.33. The Balaban J connectivity index is 1.97. The Morgan fingerprint density at radius 1 is 1.65 bits per heavy atom. The van der Waals surface area contributed by atoms with Crippen LogP contribution in [0.15, 0.2) is 6.07 Å². The molecule has 0 bridgehead atoms. The fraction of sp³-hybridized carbons (Fsp3) is 0.583. The van der Waals surface area contributed by atoms with Gasteiger partial charge in [-0.3, -0.25) is 4.79 Å². The van der Waals surface area contributed by atoms with Gasteiger partial charge < -0.3 is 5.32 Å². The predicted octanol–water partition coefficient (Wildman–Crippen LogP) is 3.14. The molecule has 1 unspecified atom stereocenters. The number of thiophene rings is 1. The van der Waals surface area contributed by atoms with Crippen molar-refractivity contribution in [2.45, 2.75) is 19.1 Å². The summed E-state index contributed by atoms with van der Waals surface area (Å²) in [5.41, 5.74) is 1.35. The van der Waals surface area contributed by atoms with Crippen LogP contribution in [-0.2, 0) is 12.2 Å². The van der Waals surface area contributed by atoms with Gasteiger partial charge in [-0.1, -0.05) is 6.92 Å². The Kier molecular flexibility index (Phi) is 4.77. The van der Waals surface area contributed by atoms with Crippen LogP contribution in [0.25, 0.3) is 0 Å². The number of rotatable bonds is 4. The Labute approximate surface area is 115 Å². The van der Waals surface area contributed by atoms with Crippen molar-refractivity contribution in [3.63, 3.8) is 0 Å². The Morgan fingerprint density at radius 3 is 3.18 bits per heavy atom. The van der Waals surface area contributed by atoms with Gasteiger partial charge in [0.1, 0.15) is 0 Å². The first kappa shape index (κ1) is 13.2. The van der Waals surface area contributed by atoms with Gasteiger partial charge in [0, 0.05) is 23.1 Å². The lowest BCUT2D eigenvalue weighted by atomic mass is 10.2. The monoisotopic (exact) mass is 289 g/mol. The maximum Gasteiger partial charge on any atom is 0.261 e. The molecule has 0 aliphatic carbocycles. The number of aryl methyl sites for hydroxylation is 1. The van der Waals surface area contributed by atoms with Crippen molar-refractivity contribution in [1.82, 2.24) is 5.32 Å². The number of alkyl halides is 1. The lowest BCUT2D eigenvalue weighted by molar-refractivity contribution is 0.0953. The molecule has 0 saturated carbocycles. The highest BCUT2D eigenvalue weighted by Crippen LogP contribution is 2.31. The predicted molar refractivity (Wildman–Crippen MR) is 76.4 cm³/mol. The third kappa shape index (κ3) is 3.39. The number of fused-ring (bicyclic) bond motifs is 1. The maximum absolute atomic E-state index is 11.9. The third-order valence-electron chi connectivity index (χ3n) is 2.73. The summed E-state index contributed by atoms with van der Waals surface area (Å²) in [6.07, 6.45) is 1.11. The van der Waals surface area contributed by atoms with Crippen molar-refractivity contribution in [3.8, 4) is 0 Å². The minimum atomic E-state index is 0.0476. The van der Waals surface area contributed by atoms with Crippen LogP contribution in [0.3, 0.4) is 0 Å². The molecular formula is C12H16ClNOS2. The van der Waals surface area contributed by atoms with Gasteiger partial charge >= 0.3 is 0 Å². The normalized spacial score (nSPS) is 16.4. The van der Waals surface area contributed by atoms with Crippen molar-refractivity contribution in [2.75, 3.05) is 18.2 Å². The molecular weight excluding hydrogens is 274 g/mol. The number of hydrogen-bond acceptors (Lipinski definition) is 3. The number of hydrogen-bond donors (Lipinski definition) is 1. The Bertz CT molecular complexity index is 382. The van der Waals surface area contributed by atoms with Crippen LogP contribution in [0.5, 0.6) is 0 Å². The molecule has 1 N–H and O–H groups in total. The molecule has 94 valence electrons. The first-order chi connectivity index (χ1) is 8.20. The molecule has 1 aliphatic heterocycles. The molecule has 1 atom stereocenters. The first-order valence-corrected chi connectivity index (χ1v) is 8.24. The lowest BCUT2D eigenvalue weighted by Gasteiger charge is -2.08. The number of amides is 1. The van der Waals surface area contributed by atoms with Crippen molar-refractivity contribution in [3.05, 3.63) is 21.4 Å². The fourth-order valence-electron chi connectivity index (χ4n) is 1.67. The zero-order chi connectivity index (χ0) is 12.3. The fourth-order valence-corrected chi connectivity index (χ4v) is 4.07. The number of nitrogens with one attached hydrogen (secondary N) is 1. The van der Waals surface area contributed by atoms with E-state index in [9.17, 15) is 4.79 Å². The van der Waals surface area contributed by atoms with Crippen LogP contribution in [0, 0.1) is 5.92 Å². The van der Waals surface area contributed by atoms with E-state index in [1.54, 1.807) is 11.3 Å². The second-order valence-corrected chi connectivity index (χ2v) is 6.88. The first-order valence-electron chi connectivity index (χ1n) is 5.74. The highest BCUT2D eigenvalue weighted by atomic mass is 35.5. The van der Waals surface area contributed by atoms with Crippen LogP contribution in [0.1, 0.15) is 27.0 Å². The van der Waals surface area contributed by atoms with Gasteiger partial charge in [-0.2, -0.15) is 11.8 Å². The molecule has 1 aromatic heterocycles. The summed E-state index contributed by atoms with van der Waals surface area (Å²) >= 11 is 9.30. The van der Waals surface area contributed by atoms with E-state index >= 15 is 0 Å². The van der Waals surface area contributed by atoms with E-state index in [0.29, 0.717) is 18.3 Å². The van der Waals surface area contributed by atoms with E-state index < -0.39 is 0 Å². The topological polar surface area (TPSA) is 29.1 Å². The van der Waals surface area contributed by atoms with Crippen LogP contribution >= 0.6 is 34.7 Å². The summed E-state index contributed by atoms with van der Waals surface area (Å²) in [4.78, 5) is 14.2. The van der Waals surface area contributed by atoms with E-state index in [1.807, 2.05) is 24.8 Å². The molecule has 1 aromatic rings. The molecule has 0 spiro atoms. The minimum Gasteiger partial charge on any atom is -0.351 e. The smallest absolute Gasteiger partial charge is 0.261 e. The van der Waals surface area contributed by atoms with Crippen molar-refractivity contribution < 1.29 is 4.79 Å². The largest absolute Gasteiger partial charge is 0.351 e. The molecule has 2 heterocycles. The number of thioether (sulfide) groups is 1. The van der Waals surface area contributed by atoms with Gasteiger partial charge in [-0.05, 0) is 29.7 Å². The van der Waals surface area contributed by atoms with Crippen molar-refractivity contribution >= 4 is 40.6 Å². The molecule has 0 radical (unpaired) electrons. The highest BCUT2D eigenvalue weighted by Gasteiger charge is 2.17. The van der Waals surface area contributed by atoms with Crippen LogP contribution in [0.4, 0.5) is 0 Å². The van der Waals surface area contributed by atoms with Gasteiger partial charge in [0.05, 0.1) is 4.88 Å². The van der Waals surface area contributed by atoms with Gasteiger partial charge in [0.25, 0.3) is 5.91 Å². The van der Waals surface area contributed by atoms with Gasteiger partial charge in [-0.15, -0.1) is 22.9 Å². The molecule has 17 heavy (non-hydrogen) atoms. The standard InChI is InChI=1S/C12H16ClNOS2/c1-8(5-13)6-14-12(15)11-4-9-7-16-3-2-10(9)17-11/h4,8H,2-3,5-7H2,1H3,(H,14,15). The lowest BCUT2D eigenvalue weighted by Crippen LogP contribution is -2.28. The summed E-state index contributed by atoms with van der Waals surface area (Å²) in [5.74, 6) is 3.18. The van der Waals surface area contributed by atoms with Crippen LogP contribution < -0.4 is 5.32 Å². The third-order valence-corrected chi connectivity index (χ3v) is 5.50. The van der Waals surface area contributed by atoms with Crippen LogP contribution in [0.2, 0.25) is 0 Å². The van der Waals surface area contributed by atoms with Crippen molar-refractivity contribution in [2.24, 2.45) is 5.92 Å². The average molecular weight is 290 g/mol. The summed E-state index contributed by atoms with van der Waals surface area (Å²) in [7, 11) is 0. The summed E-state index contributed by atoms with van der Waals surface area (Å²) < 4.78 is 0. The zero-order valence-corrected chi connectivity index (χ0v) is 12.2. The molecule has 0 saturated heterocycles. The quantitative estimate of drug-likeness (QED) is 0.863. The summed E-state index contributed by atoms with van der Waals surface area (Å²) in [6.45, 7) is 2.68. The minimum absolute atomic E-state index is 0.0476. The summed E-state index contributed by atoms with van der Waals surface area (Å²) in [6, 6.07) is 2.05. The molecule has 2 nitrogen and oxygen atoms in total. The summed E-state index contributed by atoms with van der Waals surface area (Å²) in [5, 5.41) is 2.94. The van der Waals surface area contributed by atoms with Gasteiger partial charge in [0.2, 0.25) is 0 Å². The molecule has 5 heteroatoms. The van der Waals surface area contributed by atoms with Gasteiger partial charge in [0.15, 0.2) is 0 Å². The highest BCUT2D eigenvalue weighted by molar-refractivity contribution is 7.98. The second kappa shape index (κ2) is 6.12. The van der Waals surface area contributed by atoms with Gasteiger partial charge in [-0.25, -0.2) is 0 Å². The van der Waals surface area contributed by atoms with E-state index in [1.165, 1.54) is 16.2 Å². The number of carbonyl (C=O) groups is 1. The molecule has 2 rings (SSSR count). The van der Waals surface area contributed by atoms with E-state index in [4.69, 9.17) is 11.6 Å². The Hall–Kier alpha value is -0.190. The van der Waals surface area contributed by atoms with E-state index in [-0.39, 0.29) is 5.91 Å². The zero-order valence-electron chi connectivity index (χ0n) is 9.79. The van der Waals surface area contributed by atoms with Crippen LogP contribution in [-0.4, -0.2) is 24.1 Å². The molecule has 1 amide bonds. The van der Waals surface area contributed by atoms with Crippen molar-refractivity contribution in [1.29, 1.82) is 0 Å². The molecule has 1 aliphatic rings. The maximum atomic E-state index is 11.9. The molecule has 0 fully saturated rings. The number of halogens is 1.